The Morgan fingerprint density at radius 2 is 0.500 bits per heavy atom. The molecule has 0 nitrogen and oxygen atoms in total. The zero-order valence-electron chi connectivity index (χ0n) is 12.6. The van der Waals surface area contributed by atoms with Crippen molar-refractivity contribution >= 4 is 0 Å². The van der Waals surface area contributed by atoms with Crippen LogP contribution in [-0.2, 0) is 0 Å². The molecule has 0 bridgehead atoms. The van der Waals surface area contributed by atoms with E-state index >= 15 is 0 Å². The molecule has 0 aliphatic carbocycles. The summed E-state index contributed by atoms with van der Waals surface area (Å²) in [6, 6.07) is 0. The monoisotopic (exact) mass is 204 g/mol. The van der Waals surface area contributed by atoms with Gasteiger partial charge in [-0.05, 0) is 11.8 Å². The van der Waals surface area contributed by atoms with Gasteiger partial charge in [-0.2, -0.15) is 0 Å². The van der Waals surface area contributed by atoms with Crippen LogP contribution in [-0.4, -0.2) is 0 Å². The molecule has 0 aliphatic rings. The summed E-state index contributed by atoms with van der Waals surface area (Å²) < 4.78 is 0. The molecule has 0 N–H and O–H groups in total. The van der Waals surface area contributed by atoms with Crippen LogP contribution in [0.5, 0.6) is 0 Å². The topological polar surface area (TPSA) is 0 Å². The molecule has 0 fully saturated rings. The predicted octanol–water partition coefficient (Wildman–Crippen LogP) is 6.16. The summed E-state index contributed by atoms with van der Waals surface area (Å²) in [7, 11) is 0. The van der Waals surface area contributed by atoms with E-state index in [0.29, 0.717) is 0 Å². The standard InChI is InChI=1S/2C4H10.2C3H8/c2*1-4(2)3;2*1-3-2/h2*4H,1-3H3;2*3H2,1-2H3. The van der Waals surface area contributed by atoms with E-state index in [1.54, 1.807) is 0 Å². The van der Waals surface area contributed by atoms with Crippen LogP contribution in [0.4, 0.5) is 0 Å². The van der Waals surface area contributed by atoms with E-state index in [1.165, 1.54) is 12.8 Å². The second kappa shape index (κ2) is 29.2. The van der Waals surface area contributed by atoms with Crippen LogP contribution in [0.1, 0.15) is 82.1 Å². The number of hydrogen-bond donors (Lipinski definition) is 0. The van der Waals surface area contributed by atoms with Gasteiger partial charge in [0.05, 0.1) is 0 Å². The van der Waals surface area contributed by atoms with Gasteiger partial charge in [-0.25, -0.2) is 0 Å². The zero-order valence-corrected chi connectivity index (χ0v) is 12.6. The third-order valence-corrected chi connectivity index (χ3v) is 0. The molecule has 14 heavy (non-hydrogen) atoms. The fraction of sp³-hybridized carbons (Fsp3) is 1.00. The Morgan fingerprint density at radius 3 is 0.500 bits per heavy atom. The maximum absolute atomic E-state index is 2.17. The van der Waals surface area contributed by atoms with Crippen molar-refractivity contribution in [2.24, 2.45) is 11.8 Å². The zero-order chi connectivity index (χ0) is 12.6. The van der Waals surface area contributed by atoms with Crippen molar-refractivity contribution in [3.63, 3.8) is 0 Å². The molecule has 0 spiro atoms. The molecule has 0 saturated carbocycles. The minimum Gasteiger partial charge on any atom is -0.0656 e. The Kier molecular flexibility index (Phi) is 49.4. The lowest BCUT2D eigenvalue weighted by Gasteiger charge is -1.79. The summed E-state index contributed by atoms with van der Waals surface area (Å²) >= 11 is 0. The van der Waals surface area contributed by atoms with Gasteiger partial charge in [0.25, 0.3) is 0 Å². The molecule has 0 saturated heterocycles. The molecule has 0 heteroatoms. The highest BCUT2D eigenvalue weighted by molar-refractivity contribution is 4.21. The van der Waals surface area contributed by atoms with Gasteiger partial charge in [0, 0.05) is 0 Å². The Hall–Kier alpha value is 0. The SMILES string of the molecule is CC(C)C.CC(C)C.CCC.CCC. The molecule has 92 valence electrons. The first-order chi connectivity index (χ1) is 6.29. The van der Waals surface area contributed by atoms with Gasteiger partial charge in [0.2, 0.25) is 0 Å². The van der Waals surface area contributed by atoms with Crippen LogP contribution < -0.4 is 0 Å². The van der Waals surface area contributed by atoms with E-state index < -0.39 is 0 Å². The third kappa shape index (κ3) is 0. The van der Waals surface area contributed by atoms with E-state index in [4.69, 9.17) is 0 Å². The van der Waals surface area contributed by atoms with Gasteiger partial charge in [-0.15, -0.1) is 0 Å². The summed E-state index contributed by atoms with van der Waals surface area (Å²) in [5.41, 5.74) is 0. The largest absolute Gasteiger partial charge is 0.0656 e. The maximum Gasteiger partial charge on any atom is -0.0500 e. The molecule has 0 unspecified atom stereocenters. The van der Waals surface area contributed by atoms with E-state index in [9.17, 15) is 0 Å². The number of hydrogen-bond acceptors (Lipinski definition) is 0. The van der Waals surface area contributed by atoms with E-state index in [-0.39, 0.29) is 0 Å². The Morgan fingerprint density at radius 1 is 0.500 bits per heavy atom. The van der Waals surface area contributed by atoms with Crippen molar-refractivity contribution in [2.45, 2.75) is 82.1 Å². The minimum absolute atomic E-state index is 0.833. The predicted molar refractivity (Wildman–Crippen MR) is 73.0 cm³/mol. The minimum atomic E-state index is 0.833. The second-order valence-electron chi connectivity index (χ2n) is 4.88. The van der Waals surface area contributed by atoms with Gasteiger partial charge < -0.3 is 0 Å². The number of rotatable bonds is 0. The van der Waals surface area contributed by atoms with Crippen molar-refractivity contribution < 1.29 is 0 Å². The smallest absolute Gasteiger partial charge is 0.0500 e. The fourth-order valence-electron chi connectivity index (χ4n) is 0. The highest BCUT2D eigenvalue weighted by Crippen LogP contribution is 1.81. The lowest BCUT2D eigenvalue weighted by atomic mass is 10.3. The summed E-state index contributed by atoms with van der Waals surface area (Å²) in [6.45, 7) is 21.5. The van der Waals surface area contributed by atoms with E-state index in [0.717, 1.165) is 11.8 Å². The molecule has 0 aromatic heterocycles. The van der Waals surface area contributed by atoms with Crippen molar-refractivity contribution in [2.75, 3.05) is 0 Å². The Labute approximate surface area is 94.5 Å². The first-order valence-corrected chi connectivity index (χ1v) is 6.29. The third-order valence-electron chi connectivity index (χ3n) is 0. The molecular formula is C14H36. The molecule has 0 heterocycles. The van der Waals surface area contributed by atoms with Crippen LogP contribution in [0.3, 0.4) is 0 Å². The van der Waals surface area contributed by atoms with Crippen LogP contribution in [0.15, 0.2) is 0 Å². The van der Waals surface area contributed by atoms with Crippen LogP contribution >= 0.6 is 0 Å². The van der Waals surface area contributed by atoms with Crippen molar-refractivity contribution in [1.82, 2.24) is 0 Å². The quantitative estimate of drug-likeness (QED) is 0.443. The lowest BCUT2D eigenvalue weighted by Crippen LogP contribution is -1.66. The normalized spacial score (nSPS) is 7.71. The highest BCUT2D eigenvalue weighted by atomic mass is 13.7. The molecule has 0 aromatic rings. The lowest BCUT2D eigenvalue weighted by molar-refractivity contribution is 0.736. The highest BCUT2D eigenvalue weighted by Gasteiger charge is 1.68. The van der Waals surface area contributed by atoms with E-state index in [1.807, 2.05) is 0 Å². The molecule has 0 aliphatic heterocycles. The Balaban J connectivity index is -0.0000000482. The van der Waals surface area contributed by atoms with Gasteiger partial charge in [-0.3, -0.25) is 0 Å². The summed E-state index contributed by atoms with van der Waals surface area (Å²) in [6.07, 6.45) is 2.50. The molecule has 0 rings (SSSR count). The van der Waals surface area contributed by atoms with Gasteiger partial charge in [0.15, 0.2) is 0 Å². The summed E-state index contributed by atoms with van der Waals surface area (Å²) in [5.74, 6) is 1.67. The van der Waals surface area contributed by atoms with E-state index in [2.05, 4.69) is 69.2 Å². The average Bonchev–Trinajstić information content (AvgIpc) is 1.85. The van der Waals surface area contributed by atoms with Gasteiger partial charge in [-0.1, -0.05) is 82.1 Å². The second-order valence-corrected chi connectivity index (χ2v) is 4.88. The molecule has 0 radical (unpaired) electrons. The van der Waals surface area contributed by atoms with Crippen molar-refractivity contribution in [1.29, 1.82) is 0 Å². The van der Waals surface area contributed by atoms with Crippen molar-refractivity contribution in [3.05, 3.63) is 0 Å². The Bertz CT molecular complexity index is 30.5. The maximum atomic E-state index is 2.17. The molecule has 0 atom stereocenters. The van der Waals surface area contributed by atoms with Crippen LogP contribution in [0, 0.1) is 11.8 Å². The fourth-order valence-corrected chi connectivity index (χ4v) is 0. The first-order valence-electron chi connectivity index (χ1n) is 6.29. The van der Waals surface area contributed by atoms with Crippen LogP contribution in [0.2, 0.25) is 0 Å². The average molecular weight is 204 g/mol. The summed E-state index contributed by atoms with van der Waals surface area (Å²) in [5, 5.41) is 0. The molecule has 0 aromatic carbocycles. The summed E-state index contributed by atoms with van der Waals surface area (Å²) in [4.78, 5) is 0. The first kappa shape index (κ1) is 23.7. The van der Waals surface area contributed by atoms with Crippen molar-refractivity contribution in [3.8, 4) is 0 Å². The molecule has 0 amide bonds. The van der Waals surface area contributed by atoms with Gasteiger partial charge >= 0.3 is 0 Å². The van der Waals surface area contributed by atoms with Crippen LogP contribution in [0.25, 0.3) is 0 Å². The molecular weight excluding hydrogens is 168 g/mol. The van der Waals surface area contributed by atoms with Gasteiger partial charge in [0.1, 0.15) is 0 Å².